The van der Waals surface area contributed by atoms with Gasteiger partial charge in [0.15, 0.2) is 0 Å². The van der Waals surface area contributed by atoms with E-state index in [1.807, 2.05) is 23.4 Å². The van der Waals surface area contributed by atoms with Crippen molar-refractivity contribution in [2.45, 2.75) is 45.6 Å². The van der Waals surface area contributed by atoms with Crippen LogP contribution in [0.5, 0.6) is 0 Å². The summed E-state index contributed by atoms with van der Waals surface area (Å²) in [6, 6.07) is 5.50. The Balaban J connectivity index is 1.61. The van der Waals surface area contributed by atoms with Crippen molar-refractivity contribution in [2.24, 2.45) is 11.3 Å². The Bertz CT molecular complexity index is 750. The summed E-state index contributed by atoms with van der Waals surface area (Å²) in [6.07, 6.45) is 7.08. The Kier molecular flexibility index (Phi) is 4.06. The van der Waals surface area contributed by atoms with Gasteiger partial charge in [-0.1, -0.05) is 26.3 Å². The Hall–Kier alpha value is -2.24. The van der Waals surface area contributed by atoms with E-state index in [-0.39, 0.29) is 17.2 Å². The average molecular weight is 339 g/mol. The van der Waals surface area contributed by atoms with Crippen LogP contribution in [0.3, 0.4) is 0 Å². The lowest BCUT2D eigenvalue weighted by atomic mass is 9.62. The number of carbonyl (C=O) groups excluding carboxylic acids is 1. The van der Waals surface area contributed by atoms with Gasteiger partial charge in [0.2, 0.25) is 0 Å². The second-order valence-corrected chi connectivity index (χ2v) is 7.90. The summed E-state index contributed by atoms with van der Waals surface area (Å²) in [6.45, 7) is 6.85. The van der Waals surface area contributed by atoms with E-state index in [1.54, 1.807) is 12.3 Å². The van der Waals surface area contributed by atoms with Crippen LogP contribution in [0.1, 0.15) is 55.3 Å². The quantitative estimate of drug-likeness (QED) is 0.859. The first-order chi connectivity index (χ1) is 12.1. The van der Waals surface area contributed by atoms with Crippen molar-refractivity contribution in [2.75, 3.05) is 13.1 Å². The summed E-state index contributed by atoms with van der Waals surface area (Å²) < 4.78 is 2.18. The molecule has 1 unspecified atom stereocenters. The summed E-state index contributed by atoms with van der Waals surface area (Å²) in [5, 5.41) is 8.62. The molecular weight excluding hydrogens is 314 g/mol. The molecule has 1 spiro atoms. The number of aromatic nitrogens is 4. The maximum Gasteiger partial charge on any atom is 0.272 e. The van der Waals surface area contributed by atoms with Crippen molar-refractivity contribution in [3.8, 4) is 0 Å². The predicted octanol–water partition coefficient (Wildman–Crippen LogP) is 2.74. The van der Waals surface area contributed by atoms with Gasteiger partial charge in [-0.2, -0.15) is 0 Å². The van der Waals surface area contributed by atoms with Crippen LogP contribution >= 0.6 is 0 Å². The lowest BCUT2D eigenvalue weighted by Crippen LogP contribution is -2.38. The molecule has 4 rings (SSSR count). The van der Waals surface area contributed by atoms with E-state index >= 15 is 0 Å². The first-order valence-electron chi connectivity index (χ1n) is 9.17. The molecule has 0 aromatic carbocycles. The first-order valence-corrected chi connectivity index (χ1v) is 9.17. The zero-order chi connectivity index (χ0) is 17.4. The van der Waals surface area contributed by atoms with E-state index in [0.29, 0.717) is 18.2 Å². The highest BCUT2D eigenvalue weighted by atomic mass is 16.2. The third-order valence-corrected chi connectivity index (χ3v) is 5.69. The topological polar surface area (TPSA) is 63.9 Å². The molecule has 3 heterocycles. The Morgan fingerprint density at radius 3 is 2.84 bits per heavy atom. The van der Waals surface area contributed by atoms with Crippen LogP contribution in [0, 0.1) is 11.3 Å². The molecule has 1 aliphatic carbocycles. The molecule has 2 aromatic heterocycles. The number of likely N-dealkylation sites (tertiary alicyclic amines) is 1. The molecule has 132 valence electrons. The van der Waals surface area contributed by atoms with Crippen LogP contribution in [-0.2, 0) is 6.54 Å². The van der Waals surface area contributed by atoms with Crippen LogP contribution in [-0.4, -0.2) is 43.6 Å². The number of carbonyl (C=O) groups is 1. The third kappa shape index (κ3) is 2.83. The molecule has 1 aliphatic heterocycles. The second-order valence-electron chi connectivity index (χ2n) is 7.90. The summed E-state index contributed by atoms with van der Waals surface area (Å²) >= 11 is 0. The van der Waals surface area contributed by atoms with Crippen molar-refractivity contribution in [1.29, 1.82) is 0 Å². The smallest absolute Gasteiger partial charge is 0.272 e. The van der Waals surface area contributed by atoms with Crippen molar-refractivity contribution >= 4 is 5.91 Å². The van der Waals surface area contributed by atoms with E-state index < -0.39 is 0 Å². The largest absolute Gasteiger partial charge is 0.336 e. The second kappa shape index (κ2) is 6.24. The van der Waals surface area contributed by atoms with Gasteiger partial charge in [0.05, 0.1) is 0 Å². The molecule has 2 aliphatic rings. The molecule has 6 heteroatoms. The maximum absolute atomic E-state index is 12.9. The molecule has 1 saturated carbocycles. The zero-order valence-electron chi connectivity index (χ0n) is 14.9. The lowest BCUT2D eigenvalue weighted by molar-refractivity contribution is 0.0717. The summed E-state index contributed by atoms with van der Waals surface area (Å²) in [5.74, 6) is 1.89. The van der Waals surface area contributed by atoms with E-state index in [9.17, 15) is 4.79 Å². The molecule has 2 aromatic rings. The van der Waals surface area contributed by atoms with Crippen molar-refractivity contribution in [1.82, 2.24) is 24.6 Å². The van der Waals surface area contributed by atoms with Crippen molar-refractivity contribution in [3.63, 3.8) is 0 Å². The number of rotatable bonds is 4. The molecule has 6 nitrogen and oxygen atoms in total. The minimum absolute atomic E-state index is 0.0318. The Labute approximate surface area is 148 Å². The molecule has 2 fully saturated rings. The summed E-state index contributed by atoms with van der Waals surface area (Å²) in [4.78, 5) is 19.1. The van der Waals surface area contributed by atoms with E-state index in [0.717, 1.165) is 31.8 Å². The minimum Gasteiger partial charge on any atom is -0.336 e. The molecule has 1 amide bonds. The number of hydrogen-bond donors (Lipinski definition) is 0. The fraction of sp³-hybridized carbons (Fsp3) is 0.579. The number of pyridine rings is 1. The van der Waals surface area contributed by atoms with E-state index in [4.69, 9.17) is 0 Å². The van der Waals surface area contributed by atoms with E-state index in [2.05, 4.69) is 33.6 Å². The molecule has 0 N–H and O–H groups in total. The zero-order valence-corrected chi connectivity index (χ0v) is 14.9. The Morgan fingerprint density at radius 1 is 1.36 bits per heavy atom. The Morgan fingerprint density at radius 2 is 2.20 bits per heavy atom. The van der Waals surface area contributed by atoms with Crippen LogP contribution in [0.4, 0.5) is 0 Å². The SMILES string of the molecule is CC(C)Cn1cnnc1C1CN(C(=O)c2ccccn2)CC12CCC2. The van der Waals surface area contributed by atoms with Gasteiger partial charge in [-0.25, -0.2) is 0 Å². The standard InChI is InChI=1S/C19H25N5O/c1-14(2)10-24-13-21-22-17(24)15-11-23(12-19(15)7-5-8-19)18(25)16-6-3-4-9-20-16/h3-4,6,9,13-15H,5,7-8,10-12H2,1-2H3. The van der Waals surface area contributed by atoms with Crippen molar-refractivity contribution in [3.05, 3.63) is 42.2 Å². The predicted molar refractivity (Wildman–Crippen MR) is 94.0 cm³/mol. The molecular formula is C19H25N5O. The van der Waals surface area contributed by atoms with Gasteiger partial charge in [-0.3, -0.25) is 9.78 Å². The van der Waals surface area contributed by atoms with Gasteiger partial charge < -0.3 is 9.47 Å². The van der Waals surface area contributed by atoms with Gasteiger partial charge in [-0.05, 0) is 36.3 Å². The van der Waals surface area contributed by atoms with Gasteiger partial charge >= 0.3 is 0 Å². The monoisotopic (exact) mass is 339 g/mol. The summed E-state index contributed by atoms with van der Waals surface area (Å²) in [7, 11) is 0. The minimum atomic E-state index is 0.0318. The highest BCUT2D eigenvalue weighted by Crippen LogP contribution is 2.55. The van der Waals surface area contributed by atoms with Crippen LogP contribution in [0.2, 0.25) is 0 Å². The molecule has 0 radical (unpaired) electrons. The fourth-order valence-corrected chi connectivity index (χ4v) is 4.34. The molecule has 1 atom stereocenters. The number of nitrogens with zero attached hydrogens (tertiary/aromatic N) is 5. The van der Waals surface area contributed by atoms with Crippen LogP contribution in [0.25, 0.3) is 0 Å². The van der Waals surface area contributed by atoms with E-state index in [1.165, 1.54) is 6.42 Å². The van der Waals surface area contributed by atoms with Gasteiger partial charge in [0, 0.05) is 31.7 Å². The fourth-order valence-electron chi connectivity index (χ4n) is 4.34. The third-order valence-electron chi connectivity index (χ3n) is 5.69. The average Bonchev–Trinajstić information content (AvgIpc) is 3.18. The molecule has 1 saturated heterocycles. The maximum atomic E-state index is 12.9. The van der Waals surface area contributed by atoms with Crippen molar-refractivity contribution < 1.29 is 4.79 Å². The van der Waals surface area contributed by atoms with Crippen LogP contribution in [0.15, 0.2) is 30.7 Å². The summed E-state index contributed by atoms with van der Waals surface area (Å²) in [5.41, 5.74) is 0.702. The first kappa shape index (κ1) is 16.2. The van der Waals surface area contributed by atoms with Gasteiger partial charge in [0.1, 0.15) is 17.8 Å². The molecule has 25 heavy (non-hydrogen) atoms. The number of amides is 1. The normalized spacial score (nSPS) is 21.7. The van der Waals surface area contributed by atoms with Gasteiger partial charge in [0.25, 0.3) is 5.91 Å². The number of hydrogen-bond acceptors (Lipinski definition) is 4. The molecule has 0 bridgehead atoms. The van der Waals surface area contributed by atoms with Crippen LogP contribution < -0.4 is 0 Å². The van der Waals surface area contributed by atoms with Gasteiger partial charge in [-0.15, -0.1) is 10.2 Å². The lowest BCUT2D eigenvalue weighted by Gasteiger charge is -2.42. The highest BCUT2D eigenvalue weighted by Gasteiger charge is 2.53. The highest BCUT2D eigenvalue weighted by molar-refractivity contribution is 5.92.